The van der Waals surface area contributed by atoms with Crippen LogP contribution >= 0.6 is 0 Å². The van der Waals surface area contributed by atoms with Gasteiger partial charge < -0.3 is 0 Å². The number of nitrogens with zero attached hydrogens (tertiary/aromatic N) is 2. The maximum atomic E-state index is 5.15. The van der Waals surface area contributed by atoms with Crippen LogP contribution in [0.2, 0.25) is 0 Å². The van der Waals surface area contributed by atoms with Gasteiger partial charge in [-0.25, -0.2) is 4.36 Å². The van der Waals surface area contributed by atoms with Gasteiger partial charge in [-0.15, -0.1) is 0 Å². The molecular weight excluding hydrogens is 408 g/mol. The first-order chi connectivity index (χ1) is 15.8. The van der Waals surface area contributed by atoms with Crippen molar-refractivity contribution in [3.63, 3.8) is 0 Å². The lowest BCUT2D eigenvalue weighted by molar-refractivity contribution is 0.223. The zero-order chi connectivity index (χ0) is 21.4. The molecule has 1 heterocycles. The molecule has 1 fully saturated rings. The molecule has 2 nitrogen and oxygen atoms in total. The van der Waals surface area contributed by atoms with E-state index in [4.69, 9.17) is 4.36 Å². The second-order valence-electron chi connectivity index (χ2n) is 8.73. The fourth-order valence-corrected chi connectivity index (χ4v) is 6.89. The number of hydrogen-bond acceptors (Lipinski definition) is 1. The predicted molar refractivity (Wildman–Crippen MR) is 137 cm³/mol. The van der Waals surface area contributed by atoms with E-state index >= 15 is 0 Å². The molecule has 2 atom stereocenters. The third-order valence-electron chi connectivity index (χ3n) is 6.94. The Labute approximate surface area is 192 Å². The van der Waals surface area contributed by atoms with Crippen molar-refractivity contribution in [3.8, 4) is 0 Å². The minimum absolute atomic E-state index is 0.129. The monoisotopic (exact) mass is 434 g/mol. The van der Waals surface area contributed by atoms with E-state index in [2.05, 4.69) is 113 Å². The molecular formula is C29H26N2S. The molecule has 2 unspecified atom stereocenters. The van der Waals surface area contributed by atoms with E-state index in [1.54, 1.807) is 0 Å². The molecule has 1 aliphatic carbocycles. The van der Waals surface area contributed by atoms with E-state index in [0.29, 0.717) is 6.04 Å². The lowest BCUT2D eigenvalue weighted by atomic mass is 9.60. The molecule has 2 aliphatic rings. The maximum absolute atomic E-state index is 5.15. The largest absolute Gasteiger partial charge is 0.297 e. The molecule has 0 amide bonds. The Balaban J connectivity index is 1.46. The van der Waals surface area contributed by atoms with E-state index in [0.717, 1.165) is 5.69 Å². The molecule has 4 aromatic rings. The van der Waals surface area contributed by atoms with Crippen molar-refractivity contribution in [2.75, 3.05) is 4.31 Å². The molecule has 6 rings (SSSR count). The van der Waals surface area contributed by atoms with Crippen molar-refractivity contribution >= 4 is 33.0 Å². The van der Waals surface area contributed by atoms with Gasteiger partial charge in [0.05, 0.1) is 11.7 Å². The van der Waals surface area contributed by atoms with Crippen molar-refractivity contribution in [2.45, 2.75) is 30.7 Å². The summed E-state index contributed by atoms with van der Waals surface area (Å²) >= 11 is 0. The van der Waals surface area contributed by atoms with Crippen molar-refractivity contribution in [1.29, 1.82) is 0 Å². The Kier molecular flexibility index (Phi) is 4.92. The smallest absolute Gasteiger partial charge is 0.0726 e. The van der Waals surface area contributed by atoms with Crippen LogP contribution < -0.4 is 4.31 Å². The summed E-state index contributed by atoms with van der Waals surface area (Å²) in [7, 11) is -0.334. The van der Waals surface area contributed by atoms with Crippen LogP contribution in [0.4, 0.5) is 11.4 Å². The number of hydrogen-bond donors (Lipinski definition) is 0. The van der Waals surface area contributed by atoms with Crippen LogP contribution in [-0.4, -0.2) is 6.04 Å². The summed E-state index contributed by atoms with van der Waals surface area (Å²) in [6, 6.07) is 37.3. The molecule has 158 valence electrons. The Morgan fingerprint density at radius 2 is 1.44 bits per heavy atom. The molecule has 4 aromatic carbocycles. The van der Waals surface area contributed by atoms with Crippen LogP contribution in [-0.2, 0) is 16.3 Å². The maximum Gasteiger partial charge on any atom is 0.0726 e. The SMILES string of the molecule is C1=CS(=Nc2ccccc2)N(c2ccccc2)C1C1(c2ccc3ccccc3c2)CCC1. The van der Waals surface area contributed by atoms with Gasteiger partial charge in [-0.1, -0.05) is 91.4 Å². The molecule has 32 heavy (non-hydrogen) atoms. The van der Waals surface area contributed by atoms with Gasteiger partial charge in [-0.2, -0.15) is 0 Å². The Morgan fingerprint density at radius 1 is 0.750 bits per heavy atom. The third-order valence-corrected chi connectivity index (χ3v) is 8.58. The summed E-state index contributed by atoms with van der Waals surface area (Å²) in [6.45, 7) is 0. The molecule has 0 radical (unpaired) electrons. The Bertz CT molecular complexity index is 1310. The highest BCUT2D eigenvalue weighted by Gasteiger charge is 2.49. The number of benzene rings is 4. The topological polar surface area (TPSA) is 15.6 Å². The molecule has 1 saturated carbocycles. The van der Waals surface area contributed by atoms with Gasteiger partial charge in [0, 0.05) is 27.4 Å². The lowest BCUT2D eigenvalue weighted by Crippen LogP contribution is -2.52. The minimum Gasteiger partial charge on any atom is -0.297 e. The van der Waals surface area contributed by atoms with E-state index in [-0.39, 0.29) is 16.3 Å². The van der Waals surface area contributed by atoms with Crippen molar-refractivity contribution in [2.24, 2.45) is 4.36 Å². The highest BCUT2D eigenvalue weighted by Crippen LogP contribution is 2.51. The molecule has 0 N–H and O–H groups in total. The highest BCUT2D eigenvalue weighted by molar-refractivity contribution is 7.92. The fraction of sp³-hybridized carbons (Fsp3) is 0.172. The molecule has 0 spiro atoms. The van der Waals surface area contributed by atoms with Gasteiger partial charge in [0.25, 0.3) is 0 Å². The van der Waals surface area contributed by atoms with Crippen LogP contribution in [0.15, 0.2) is 119 Å². The average molecular weight is 435 g/mol. The van der Waals surface area contributed by atoms with E-state index < -0.39 is 0 Å². The number of rotatable bonds is 4. The number of fused-ring (bicyclic) bond motifs is 1. The van der Waals surface area contributed by atoms with E-state index in [1.165, 1.54) is 41.3 Å². The van der Waals surface area contributed by atoms with Crippen molar-refractivity contribution in [3.05, 3.63) is 120 Å². The van der Waals surface area contributed by atoms with Gasteiger partial charge in [-0.3, -0.25) is 4.31 Å². The summed E-state index contributed by atoms with van der Waals surface area (Å²) < 4.78 is 7.71. The Morgan fingerprint density at radius 3 is 2.16 bits per heavy atom. The normalized spacial score (nSPS) is 21.7. The zero-order valence-electron chi connectivity index (χ0n) is 18.0. The third kappa shape index (κ3) is 3.28. The van der Waals surface area contributed by atoms with Crippen LogP contribution in [0.5, 0.6) is 0 Å². The van der Waals surface area contributed by atoms with Gasteiger partial charge >= 0.3 is 0 Å². The number of anilines is 1. The first-order valence-electron chi connectivity index (χ1n) is 11.4. The summed E-state index contributed by atoms with van der Waals surface area (Å²) in [4.78, 5) is 0. The summed E-state index contributed by atoms with van der Waals surface area (Å²) in [5.41, 5.74) is 3.88. The van der Waals surface area contributed by atoms with E-state index in [1.807, 2.05) is 6.07 Å². The second-order valence-corrected chi connectivity index (χ2v) is 10.2. The average Bonchev–Trinajstić information content (AvgIpc) is 3.23. The van der Waals surface area contributed by atoms with Gasteiger partial charge in [0.1, 0.15) is 0 Å². The summed E-state index contributed by atoms with van der Waals surface area (Å²) in [5.74, 6) is 0. The van der Waals surface area contributed by atoms with Crippen LogP contribution in [0, 0.1) is 0 Å². The second kappa shape index (κ2) is 8.07. The summed E-state index contributed by atoms with van der Waals surface area (Å²) in [5, 5.41) is 4.97. The first kappa shape index (κ1) is 19.5. The zero-order valence-corrected chi connectivity index (χ0v) is 18.8. The Hall–Kier alpha value is -3.17. The van der Waals surface area contributed by atoms with Crippen molar-refractivity contribution in [1.82, 2.24) is 0 Å². The molecule has 1 aliphatic heterocycles. The molecule has 3 heteroatoms. The van der Waals surface area contributed by atoms with Gasteiger partial charge in [0.15, 0.2) is 0 Å². The van der Waals surface area contributed by atoms with Crippen LogP contribution in [0.25, 0.3) is 10.8 Å². The van der Waals surface area contributed by atoms with Crippen LogP contribution in [0.3, 0.4) is 0 Å². The highest BCUT2D eigenvalue weighted by atomic mass is 32.2. The predicted octanol–water partition coefficient (Wildman–Crippen LogP) is 7.71. The summed E-state index contributed by atoms with van der Waals surface area (Å²) in [6.07, 6.45) is 6.14. The van der Waals surface area contributed by atoms with Gasteiger partial charge in [-0.05, 0) is 53.4 Å². The number of para-hydroxylation sites is 1. The fourth-order valence-electron chi connectivity index (χ4n) is 5.14. The van der Waals surface area contributed by atoms with Crippen LogP contribution in [0.1, 0.15) is 24.8 Å². The molecule has 0 bridgehead atoms. The van der Waals surface area contributed by atoms with Gasteiger partial charge in [0.2, 0.25) is 0 Å². The van der Waals surface area contributed by atoms with E-state index in [9.17, 15) is 0 Å². The minimum atomic E-state index is -0.334. The molecule has 0 aromatic heterocycles. The lowest BCUT2D eigenvalue weighted by Gasteiger charge is -2.50. The first-order valence-corrected chi connectivity index (χ1v) is 12.6. The standard InChI is InChI=1S/C29H26N2S/c1-3-12-26(13-4-1)30-32-21-18-28(31(32)27-14-5-2-6-15-27)29(19-9-20-29)25-17-16-23-10-7-8-11-24(23)22-25/h1-8,10-18,21-22,28H,9,19-20H2. The molecule has 0 saturated heterocycles. The van der Waals surface area contributed by atoms with Crippen molar-refractivity contribution < 1.29 is 0 Å². The quantitative estimate of drug-likeness (QED) is 0.321.